The highest BCUT2D eigenvalue weighted by atomic mass is 16.2. The minimum Gasteiger partial charge on any atom is -0.376 e. The monoisotopic (exact) mass is 367 g/mol. The second-order valence-electron chi connectivity index (χ2n) is 6.35. The lowest BCUT2D eigenvalue weighted by Crippen LogP contribution is -2.50. The van der Waals surface area contributed by atoms with Gasteiger partial charge in [-0.3, -0.25) is 14.6 Å². The van der Waals surface area contributed by atoms with E-state index < -0.39 is 0 Å². The van der Waals surface area contributed by atoms with Gasteiger partial charge in [-0.1, -0.05) is 18.2 Å². The summed E-state index contributed by atoms with van der Waals surface area (Å²) < 4.78 is 0. The number of aromatic nitrogens is 1. The molecule has 7 nitrogen and oxygen atoms in total. The van der Waals surface area contributed by atoms with Crippen LogP contribution < -0.4 is 15.5 Å². The van der Waals surface area contributed by atoms with Crippen LogP contribution in [0.3, 0.4) is 0 Å². The second-order valence-corrected chi connectivity index (χ2v) is 6.35. The Morgan fingerprint density at radius 3 is 2.52 bits per heavy atom. The van der Waals surface area contributed by atoms with Crippen LogP contribution in [0.2, 0.25) is 0 Å². The van der Waals surface area contributed by atoms with E-state index in [1.807, 2.05) is 30.0 Å². The number of anilines is 2. The molecule has 3 rings (SSSR count). The van der Waals surface area contributed by atoms with Gasteiger partial charge in [-0.05, 0) is 31.2 Å². The van der Waals surface area contributed by atoms with Gasteiger partial charge in [0.2, 0.25) is 5.91 Å². The fourth-order valence-corrected chi connectivity index (χ4v) is 3.06. The zero-order valence-electron chi connectivity index (χ0n) is 15.5. The van der Waals surface area contributed by atoms with E-state index in [0.29, 0.717) is 31.0 Å². The summed E-state index contributed by atoms with van der Waals surface area (Å²) in [6, 6.07) is 13.7. The van der Waals surface area contributed by atoms with E-state index in [4.69, 9.17) is 0 Å². The summed E-state index contributed by atoms with van der Waals surface area (Å²) in [5.41, 5.74) is 2.24. The number of rotatable bonds is 6. The molecular formula is C20H25N5O2. The number of carbonyl (C=O) groups is 2. The summed E-state index contributed by atoms with van der Waals surface area (Å²) in [7, 11) is 0. The maximum absolute atomic E-state index is 12.5. The number of para-hydroxylation sites is 1. The van der Waals surface area contributed by atoms with Crippen molar-refractivity contribution in [3.05, 3.63) is 54.4 Å². The average molecular weight is 367 g/mol. The predicted molar refractivity (Wildman–Crippen MR) is 106 cm³/mol. The molecule has 0 unspecified atom stereocenters. The van der Waals surface area contributed by atoms with Crippen LogP contribution in [0.1, 0.15) is 17.4 Å². The van der Waals surface area contributed by atoms with Gasteiger partial charge in [0.05, 0.1) is 6.54 Å². The third-order valence-corrected chi connectivity index (χ3v) is 4.53. The largest absolute Gasteiger partial charge is 0.376 e. The quantitative estimate of drug-likeness (QED) is 0.811. The minimum atomic E-state index is -0.218. The molecule has 0 aliphatic carbocycles. The van der Waals surface area contributed by atoms with Crippen molar-refractivity contribution >= 4 is 23.2 Å². The number of pyridine rings is 1. The third kappa shape index (κ3) is 4.97. The summed E-state index contributed by atoms with van der Waals surface area (Å²) >= 11 is 0. The number of piperazine rings is 1. The van der Waals surface area contributed by atoms with E-state index in [1.165, 1.54) is 5.69 Å². The lowest BCUT2D eigenvalue weighted by Gasteiger charge is -2.36. The van der Waals surface area contributed by atoms with Crippen molar-refractivity contribution in [2.75, 3.05) is 49.5 Å². The molecule has 0 saturated carbocycles. The van der Waals surface area contributed by atoms with E-state index >= 15 is 0 Å². The van der Waals surface area contributed by atoms with Crippen LogP contribution in [0, 0.1) is 0 Å². The first kappa shape index (κ1) is 18.7. The van der Waals surface area contributed by atoms with Gasteiger partial charge in [-0.15, -0.1) is 0 Å². The molecular weight excluding hydrogens is 342 g/mol. The highest BCUT2D eigenvalue weighted by Gasteiger charge is 2.21. The van der Waals surface area contributed by atoms with Crippen LogP contribution in [0.15, 0.2) is 48.7 Å². The Morgan fingerprint density at radius 2 is 1.81 bits per heavy atom. The highest BCUT2D eigenvalue weighted by Crippen LogP contribution is 2.15. The Balaban J connectivity index is 1.49. The number of nitrogens with zero attached hydrogens (tertiary/aromatic N) is 3. The van der Waals surface area contributed by atoms with Gasteiger partial charge in [0.25, 0.3) is 5.91 Å². The average Bonchev–Trinajstić information content (AvgIpc) is 2.73. The number of amides is 2. The van der Waals surface area contributed by atoms with Crippen molar-refractivity contribution in [3.63, 3.8) is 0 Å². The first-order valence-electron chi connectivity index (χ1n) is 9.23. The molecule has 0 radical (unpaired) electrons. The van der Waals surface area contributed by atoms with Crippen LogP contribution in [-0.2, 0) is 4.79 Å². The van der Waals surface area contributed by atoms with Gasteiger partial charge < -0.3 is 20.4 Å². The van der Waals surface area contributed by atoms with Crippen molar-refractivity contribution < 1.29 is 9.59 Å². The lowest BCUT2D eigenvalue weighted by atomic mass is 10.2. The number of hydrogen-bond acceptors (Lipinski definition) is 5. The molecule has 0 spiro atoms. The molecule has 2 N–H and O–H groups in total. The molecule has 1 fully saturated rings. The normalized spacial score (nSPS) is 14.0. The van der Waals surface area contributed by atoms with Crippen molar-refractivity contribution in [2.24, 2.45) is 0 Å². The number of benzene rings is 1. The standard InChI is InChI=1S/C20H25N5O2/c1-2-21-20(27)18-14-16(8-9-22-18)23-15-19(26)25-12-10-24(11-13-25)17-6-4-3-5-7-17/h3-9,14H,2,10-13,15H2,1H3,(H,21,27)(H,22,23). The van der Waals surface area contributed by atoms with Gasteiger partial charge >= 0.3 is 0 Å². The first-order chi connectivity index (χ1) is 13.2. The first-order valence-corrected chi connectivity index (χ1v) is 9.23. The van der Waals surface area contributed by atoms with Crippen molar-refractivity contribution in [1.82, 2.24) is 15.2 Å². The van der Waals surface area contributed by atoms with E-state index in [1.54, 1.807) is 18.3 Å². The summed E-state index contributed by atoms with van der Waals surface area (Å²) in [5, 5.41) is 5.81. The topological polar surface area (TPSA) is 77.6 Å². The Hall–Kier alpha value is -3.09. The SMILES string of the molecule is CCNC(=O)c1cc(NCC(=O)N2CCN(c3ccccc3)CC2)ccn1. The molecule has 7 heteroatoms. The smallest absolute Gasteiger partial charge is 0.269 e. The Morgan fingerprint density at radius 1 is 1.07 bits per heavy atom. The van der Waals surface area contributed by atoms with Crippen LogP contribution in [-0.4, -0.2) is 61.0 Å². The Labute approximate surface area is 159 Å². The summed E-state index contributed by atoms with van der Waals surface area (Å²) in [4.78, 5) is 32.6. The molecule has 0 bridgehead atoms. The van der Waals surface area contributed by atoms with Gasteiger partial charge in [0, 0.05) is 50.3 Å². The van der Waals surface area contributed by atoms with Crippen LogP contribution >= 0.6 is 0 Å². The molecule has 2 amide bonds. The molecule has 1 aliphatic heterocycles. The number of hydrogen-bond donors (Lipinski definition) is 2. The summed E-state index contributed by atoms with van der Waals surface area (Å²) in [6.45, 7) is 5.66. The maximum Gasteiger partial charge on any atom is 0.269 e. The molecule has 1 aromatic carbocycles. The van der Waals surface area contributed by atoms with Crippen LogP contribution in [0.4, 0.5) is 11.4 Å². The molecule has 1 aromatic heterocycles. The van der Waals surface area contributed by atoms with Gasteiger partial charge in [-0.2, -0.15) is 0 Å². The van der Waals surface area contributed by atoms with E-state index in [9.17, 15) is 9.59 Å². The highest BCUT2D eigenvalue weighted by molar-refractivity contribution is 5.93. The molecule has 0 atom stereocenters. The van der Waals surface area contributed by atoms with Crippen molar-refractivity contribution in [3.8, 4) is 0 Å². The van der Waals surface area contributed by atoms with Crippen molar-refractivity contribution in [2.45, 2.75) is 6.92 Å². The predicted octanol–water partition coefficient (Wildman–Crippen LogP) is 1.59. The van der Waals surface area contributed by atoms with Crippen LogP contribution in [0.5, 0.6) is 0 Å². The van der Waals surface area contributed by atoms with Crippen LogP contribution in [0.25, 0.3) is 0 Å². The summed E-state index contributed by atoms with van der Waals surface area (Å²) in [5.74, 6) is -0.163. The van der Waals surface area contributed by atoms with E-state index in [-0.39, 0.29) is 18.4 Å². The van der Waals surface area contributed by atoms with Gasteiger partial charge in [0.15, 0.2) is 0 Å². The lowest BCUT2D eigenvalue weighted by molar-refractivity contribution is -0.129. The fourth-order valence-electron chi connectivity index (χ4n) is 3.06. The zero-order valence-corrected chi connectivity index (χ0v) is 15.5. The van der Waals surface area contributed by atoms with E-state index in [2.05, 4.69) is 32.7 Å². The molecule has 1 aliphatic rings. The summed E-state index contributed by atoms with van der Waals surface area (Å²) in [6.07, 6.45) is 1.57. The number of carbonyl (C=O) groups excluding carboxylic acids is 2. The second kappa shape index (κ2) is 9.02. The minimum absolute atomic E-state index is 0.0547. The maximum atomic E-state index is 12.5. The Bertz CT molecular complexity index is 773. The third-order valence-electron chi connectivity index (χ3n) is 4.53. The molecule has 2 aromatic rings. The van der Waals surface area contributed by atoms with Crippen molar-refractivity contribution in [1.29, 1.82) is 0 Å². The number of nitrogens with one attached hydrogen (secondary N) is 2. The fraction of sp³-hybridized carbons (Fsp3) is 0.350. The van der Waals surface area contributed by atoms with Gasteiger partial charge in [-0.25, -0.2) is 0 Å². The zero-order chi connectivity index (χ0) is 19.1. The Kier molecular flexibility index (Phi) is 6.25. The molecule has 142 valence electrons. The molecule has 1 saturated heterocycles. The molecule has 2 heterocycles. The van der Waals surface area contributed by atoms with E-state index in [0.717, 1.165) is 13.1 Å². The van der Waals surface area contributed by atoms with Gasteiger partial charge in [0.1, 0.15) is 5.69 Å². The molecule has 27 heavy (non-hydrogen) atoms.